The number of phenolic OH excluding ortho intramolecular Hbond substituents is 2. The Labute approximate surface area is 346 Å². The van der Waals surface area contributed by atoms with Gasteiger partial charge in [0.05, 0.1) is 88.5 Å². The fraction of sp³-hybridized carbons (Fsp3) is 0.462. The molecule has 2 aromatic carbocycles. The van der Waals surface area contributed by atoms with Crippen molar-refractivity contribution in [2.75, 3.05) is 121 Å². The quantitative estimate of drug-likeness (QED) is 0.0495. The first-order valence-corrected chi connectivity index (χ1v) is 20.2. The third kappa shape index (κ3) is 14.3. The number of benzene rings is 2. The van der Waals surface area contributed by atoms with E-state index in [9.17, 15) is 19.8 Å². The molecule has 0 aliphatic carbocycles. The number of amides is 2. The minimum Gasteiger partial charge on any atom is -0.504 e. The molecule has 1 fully saturated rings. The third-order valence-corrected chi connectivity index (χ3v) is 10.0. The Kier molecular flexibility index (Phi) is 18.1. The van der Waals surface area contributed by atoms with Gasteiger partial charge in [-0.25, -0.2) is 15.0 Å². The lowest BCUT2D eigenvalue weighted by atomic mass is 10.1. The second-order valence-corrected chi connectivity index (χ2v) is 14.5. The molecule has 17 nitrogen and oxygen atoms in total. The summed E-state index contributed by atoms with van der Waals surface area (Å²) >= 11 is 7.51. The van der Waals surface area contributed by atoms with Crippen LogP contribution in [-0.2, 0) is 23.7 Å². The number of halogens is 1. The van der Waals surface area contributed by atoms with E-state index in [1.165, 1.54) is 35.7 Å². The maximum absolute atomic E-state index is 12.9. The molecule has 1 saturated heterocycles. The van der Waals surface area contributed by atoms with Crippen LogP contribution in [0.5, 0.6) is 11.5 Å². The first kappa shape index (κ1) is 44.4. The molecule has 0 saturated carbocycles. The summed E-state index contributed by atoms with van der Waals surface area (Å²) in [5.74, 6) is 0.502. The summed E-state index contributed by atoms with van der Waals surface area (Å²) in [5, 5.41) is 29.0. The highest BCUT2D eigenvalue weighted by atomic mass is 35.5. The Morgan fingerprint density at radius 1 is 0.810 bits per heavy atom. The molecular formula is C39H51ClN8O9S. The summed E-state index contributed by atoms with van der Waals surface area (Å²) in [7, 11) is 0. The molecule has 19 heteroatoms. The number of anilines is 4. The highest BCUT2D eigenvalue weighted by Gasteiger charge is 2.20. The number of aromatic hydroxyl groups is 2. The molecule has 5 rings (SSSR count). The van der Waals surface area contributed by atoms with E-state index in [0.29, 0.717) is 91.8 Å². The largest absolute Gasteiger partial charge is 0.504 e. The van der Waals surface area contributed by atoms with Gasteiger partial charge in [-0.2, -0.15) is 0 Å². The second kappa shape index (κ2) is 23.7. The van der Waals surface area contributed by atoms with E-state index in [2.05, 4.69) is 40.7 Å². The van der Waals surface area contributed by atoms with Gasteiger partial charge in [0, 0.05) is 45.3 Å². The number of thiazole rings is 1. The van der Waals surface area contributed by atoms with E-state index in [4.69, 9.17) is 35.3 Å². The number of hydrogen-bond acceptors (Lipinski definition) is 16. The minimum absolute atomic E-state index is 0.00169. The average Bonchev–Trinajstić information content (AvgIpc) is 3.68. The Balaban J connectivity index is 0.842. The van der Waals surface area contributed by atoms with E-state index in [1.54, 1.807) is 6.07 Å². The van der Waals surface area contributed by atoms with Crippen LogP contribution < -0.4 is 20.9 Å². The number of carbonyl (C=O) groups is 2. The highest BCUT2D eigenvalue weighted by molar-refractivity contribution is 7.17. The first-order chi connectivity index (χ1) is 28.2. The molecule has 5 N–H and O–H groups in total. The highest BCUT2D eigenvalue weighted by Crippen LogP contribution is 2.29. The number of aromatic nitrogens is 3. The number of nitrogens with zero attached hydrogens (tertiary/aromatic N) is 5. The number of aryl methyl sites for hydroxylation is 2. The monoisotopic (exact) mass is 842 g/mol. The molecule has 0 atom stereocenters. The van der Waals surface area contributed by atoms with Gasteiger partial charge in [0.25, 0.3) is 11.8 Å². The van der Waals surface area contributed by atoms with Crippen LogP contribution in [0.15, 0.2) is 48.7 Å². The molecule has 58 heavy (non-hydrogen) atoms. The maximum Gasteiger partial charge on any atom is 0.267 e. The van der Waals surface area contributed by atoms with Crippen LogP contribution in [-0.4, -0.2) is 147 Å². The minimum atomic E-state index is -0.495. The number of carbonyl (C=O) groups excluding carboxylic acids is 2. The molecule has 4 aromatic rings. The molecule has 0 spiro atoms. The van der Waals surface area contributed by atoms with E-state index in [0.717, 1.165) is 44.1 Å². The second-order valence-electron chi connectivity index (χ2n) is 13.0. The van der Waals surface area contributed by atoms with Gasteiger partial charge in [0.15, 0.2) is 16.6 Å². The van der Waals surface area contributed by atoms with Gasteiger partial charge in [-0.15, -0.1) is 0 Å². The third-order valence-electron chi connectivity index (χ3n) is 8.78. The van der Waals surface area contributed by atoms with Crippen molar-refractivity contribution in [1.82, 2.24) is 25.2 Å². The van der Waals surface area contributed by atoms with E-state index in [1.807, 2.05) is 32.0 Å². The summed E-state index contributed by atoms with van der Waals surface area (Å²) < 4.78 is 27.8. The van der Waals surface area contributed by atoms with Crippen molar-refractivity contribution in [2.45, 2.75) is 13.8 Å². The van der Waals surface area contributed by atoms with Gasteiger partial charge in [-0.1, -0.05) is 41.1 Å². The van der Waals surface area contributed by atoms with Gasteiger partial charge >= 0.3 is 0 Å². The Morgan fingerprint density at radius 3 is 2.12 bits per heavy atom. The van der Waals surface area contributed by atoms with E-state index in [-0.39, 0.29) is 30.4 Å². The zero-order valence-electron chi connectivity index (χ0n) is 32.7. The SMILES string of the molecule is Cc1nc(Nc2ncc(C(=O)Nc3c(C)cccc3Cl)s2)cc(N2CCN(CCOCCOCCOCCOCCOCCNC(=O)c3cccc(O)c3O)CC2)n1. The fourth-order valence-corrected chi connectivity index (χ4v) is 6.70. The van der Waals surface area contributed by atoms with Crippen LogP contribution in [0.4, 0.5) is 22.5 Å². The van der Waals surface area contributed by atoms with Crippen molar-refractivity contribution in [3.05, 3.63) is 75.5 Å². The standard InChI is InChI=1S/C39H51ClN8O9S/c1-27-5-3-7-30(40)35(27)46-38(52)32-26-42-39(58-32)45-33-25-34(44-28(2)43-33)48-12-10-47(11-13-48)14-16-54-18-20-56-22-24-57-23-21-55-19-17-53-15-9-41-37(51)29-6-4-8-31(49)36(29)50/h3-8,25-26,49-50H,9-24H2,1-2H3,(H,41,51)(H,46,52)(H,42,43,44,45). The molecule has 1 aliphatic heterocycles. The smallest absolute Gasteiger partial charge is 0.267 e. The maximum atomic E-state index is 12.9. The fourth-order valence-electron chi connectivity index (χ4n) is 5.71. The first-order valence-electron chi connectivity index (χ1n) is 19.0. The molecule has 2 aromatic heterocycles. The van der Waals surface area contributed by atoms with Gasteiger partial charge in [-0.05, 0) is 37.6 Å². The Bertz CT molecular complexity index is 1890. The molecule has 1 aliphatic rings. The van der Waals surface area contributed by atoms with Gasteiger partial charge in [0.1, 0.15) is 22.3 Å². The number of hydrogen-bond donors (Lipinski definition) is 5. The van der Waals surface area contributed by atoms with Crippen LogP contribution in [0.2, 0.25) is 5.02 Å². The van der Waals surface area contributed by atoms with Crippen molar-refractivity contribution in [2.24, 2.45) is 0 Å². The predicted octanol–water partition coefficient (Wildman–Crippen LogP) is 4.25. The van der Waals surface area contributed by atoms with E-state index >= 15 is 0 Å². The summed E-state index contributed by atoms with van der Waals surface area (Å²) in [6.45, 7) is 12.6. The molecule has 2 amide bonds. The van der Waals surface area contributed by atoms with Crippen LogP contribution in [0.3, 0.4) is 0 Å². The molecule has 0 unspecified atom stereocenters. The lowest BCUT2D eigenvalue weighted by Gasteiger charge is -2.35. The molecule has 0 radical (unpaired) electrons. The van der Waals surface area contributed by atoms with Gasteiger partial charge < -0.3 is 54.7 Å². The summed E-state index contributed by atoms with van der Waals surface area (Å²) in [5.41, 5.74) is 1.46. The topological polar surface area (TPSA) is 202 Å². The molecule has 0 bridgehead atoms. The Hall–Kier alpha value is -4.66. The van der Waals surface area contributed by atoms with Crippen LogP contribution in [0.25, 0.3) is 0 Å². The summed E-state index contributed by atoms with van der Waals surface area (Å²) in [4.78, 5) is 43.6. The van der Waals surface area contributed by atoms with Gasteiger partial charge in [0.2, 0.25) is 0 Å². The molecule has 3 heterocycles. The predicted molar refractivity (Wildman–Crippen MR) is 221 cm³/mol. The van der Waals surface area contributed by atoms with Crippen molar-refractivity contribution < 1.29 is 43.5 Å². The van der Waals surface area contributed by atoms with Crippen LogP contribution in [0, 0.1) is 13.8 Å². The van der Waals surface area contributed by atoms with Crippen molar-refractivity contribution in [3.8, 4) is 11.5 Å². The Morgan fingerprint density at radius 2 is 1.45 bits per heavy atom. The number of ether oxygens (including phenoxy) is 5. The number of para-hydroxylation sites is 2. The number of rotatable bonds is 24. The molecule has 314 valence electrons. The average molecular weight is 843 g/mol. The molecular weight excluding hydrogens is 792 g/mol. The normalized spacial score (nSPS) is 13.1. The summed E-state index contributed by atoms with van der Waals surface area (Å²) in [6, 6.07) is 11.6. The van der Waals surface area contributed by atoms with Crippen molar-refractivity contribution >= 4 is 57.2 Å². The van der Waals surface area contributed by atoms with E-state index < -0.39 is 11.7 Å². The lowest BCUT2D eigenvalue weighted by Crippen LogP contribution is -2.47. The van der Waals surface area contributed by atoms with Crippen LogP contribution in [0.1, 0.15) is 31.4 Å². The van der Waals surface area contributed by atoms with Crippen LogP contribution >= 0.6 is 22.9 Å². The zero-order chi connectivity index (χ0) is 41.1. The number of nitrogens with one attached hydrogen (secondary N) is 3. The lowest BCUT2D eigenvalue weighted by molar-refractivity contribution is -0.0120. The van der Waals surface area contributed by atoms with Crippen molar-refractivity contribution in [3.63, 3.8) is 0 Å². The summed E-state index contributed by atoms with van der Waals surface area (Å²) in [6.07, 6.45) is 1.53. The van der Waals surface area contributed by atoms with Crippen molar-refractivity contribution in [1.29, 1.82) is 0 Å². The number of phenols is 2. The van der Waals surface area contributed by atoms with Gasteiger partial charge in [-0.3, -0.25) is 14.5 Å². The number of piperazine rings is 1. The zero-order valence-corrected chi connectivity index (χ0v) is 34.3.